The molecule has 3 rings (SSSR count). The Kier molecular flexibility index (Phi) is 7.13. The summed E-state index contributed by atoms with van der Waals surface area (Å²) in [6.45, 7) is 10.2. The molecular weight excluding hydrogens is 338 g/mol. The first-order valence-corrected chi connectivity index (χ1v) is 10.4. The molecule has 3 atom stereocenters. The molecule has 2 fully saturated rings. The molecule has 2 saturated heterocycles. The van der Waals surface area contributed by atoms with Gasteiger partial charge in [0.15, 0.2) is 0 Å². The van der Waals surface area contributed by atoms with Gasteiger partial charge in [-0.05, 0) is 62.4 Å². The average Bonchev–Trinajstić information content (AvgIpc) is 2.74. The monoisotopic (exact) mass is 373 g/mol. The topological polar surface area (TPSA) is 44.8 Å². The lowest BCUT2D eigenvalue weighted by Crippen LogP contribution is -2.49. The Morgan fingerprint density at radius 2 is 2.04 bits per heavy atom. The van der Waals surface area contributed by atoms with E-state index in [1.807, 2.05) is 12.1 Å². The Labute approximate surface area is 164 Å². The highest BCUT2D eigenvalue weighted by atomic mass is 16.5. The van der Waals surface area contributed by atoms with E-state index in [0.29, 0.717) is 30.2 Å². The molecule has 0 aliphatic carbocycles. The summed E-state index contributed by atoms with van der Waals surface area (Å²) in [4.78, 5) is 17.3. The first-order valence-electron chi connectivity index (χ1n) is 10.4. The molecule has 0 aromatic heterocycles. The fourth-order valence-electron chi connectivity index (χ4n) is 4.41. The zero-order valence-electron chi connectivity index (χ0n) is 17.1. The number of nitrogens with one attached hydrogen (secondary N) is 1. The van der Waals surface area contributed by atoms with Crippen LogP contribution in [0.2, 0.25) is 0 Å². The summed E-state index contributed by atoms with van der Waals surface area (Å²) in [5.41, 5.74) is 1.27. The Morgan fingerprint density at radius 1 is 1.26 bits per heavy atom. The van der Waals surface area contributed by atoms with Gasteiger partial charge in [-0.25, -0.2) is 0 Å². The van der Waals surface area contributed by atoms with Crippen LogP contribution in [0.3, 0.4) is 0 Å². The van der Waals surface area contributed by atoms with E-state index < -0.39 is 0 Å². The van der Waals surface area contributed by atoms with Crippen LogP contribution in [-0.4, -0.2) is 62.1 Å². The number of piperidine rings is 1. The number of piperazine rings is 1. The molecule has 1 N–H and O–H groups in total. The minimum atomic E-state index is 0.335. The van der Waals surface area contributed by atoms with Crippen molar-refractivity contribution in [1.29, 1.82) is 0 Å². The van der Waals surface area contributed by atoms with Crippen molar-refractivity contribution in [3.63, 3.8) is 0 Å². The van der Waals surface area contributed by atoms with E-state index in [9.17, 15) is 4.79 Å². The van der Waals surface area contributed by atoms with Crippen LogP contribution in [0, 0.1) is 11.8 Å². The maximum atomic E-state index is 12.8. The van der Waals surface area contributed by atoms with Crippen LogP contribution in [0.4, 0.5) is 0 Å². The largest absolute Gasteiger partial charge is 0.497 e. The summed E-state index contributed by atoms with van der Waals surface area (Å²) in [6.07, 6.45) is 3.19. The molecule has 0 bridgehead atoms. The zero-order chi connectivity index (χ0) is 19.2. The summed E-state index contributed by atoms with van der Waals surface area (Å²) in [7, 11) is 1.71. The number of rotatable bonds is 6. The maximum absolute atomic E-state index is 12.8. The molecule has 3 unspecified atom stereocenters. The first kappa shape index (κ1) is 20.2. The van der Waals surface area contributed by atoms with Crippen molar-refractivity contribution in [3.05, 3.63) is 29.8 Å². The quantitative estimate of drug-likeness (QED) is 0.833. The molecule has 1 aromatic carbocycles. The van der Waals surface area contributed by atoms with Crippen LogP contribution in [0.15, 0.2) is 24.3 Å². The smallest absolute Gasteiger partial charge is 0.222 e. The number of ether oxygens (including phenoxy) is 1. The summed E-state index contributed by atoms with van der Waals surface area (Å²) < 4.78 is 5.35. The van der Waals surface area contributed by atoms with E-state index in [4.69, 9.17) is 4.74 Å². The third-order valence-electron chi connectivity index (χ3n) is 6.43. The SMILES string of the molecule is COc1cccc(C(C)N2CCN(C(=O)CC(C)C3CCCNC3)CC2)c1. The highest BCUT2D eigenvalue weighted by molar-refractivity contribution is 5.76. The lowest BCUT2D eigenvalue weighted by atomic mass is 9.85. The molecule has 150 valence electrons. The molecule has 1 aromatic rings. The first-order chi connectivity index (χ1) is 13.1. The standard InChI is InChI=1S/C22H35N3O2/c1-17(20-7-5-9-23-16-20)14-22(26)25-12-10-24(11-13-25)18(2)19-6-4-8-21(15-19)27-3/h4,6,8,15,17-18,20,23H,5,7,9-14,16H2,1-3H3. The number of methoxy groups -OCH3 is 1. The van der Waals surface area contributed by atoms with Gasteiger partial charge in [0.25, 0.3) is 0 Å². The lowest BCUT2D eigenvalue weighted by molar-refractivity contribution is -0.134. The summed E-state index contributed by atoms with van der Waals surface area (Å²) in [6, 6.07) is 8.64. The number of nitrogens with zero attached hydrogens (tertiary/aromatic N) is 2. The normalized spacial score (nSPS) is 23.7. The zero-order valence-corrected chi connectivity index (χ0v) is 17.1. The summed E-state index contributed by atoms with van der Waals surface area (Å²) >= 11 is 0. The third-order valence-corrected chi connectivity index (χ3v) is 6.43. The second kappa shape index (κ2) is 9.56. The van der Waals surface area contributed by atoms with Gasteiger partial charge >= 0.3 is 0 Å². The van der Waals surface area contributed by atoms with Gasteiger partial charge < -0.3 is 15.0 Å². The molecule has 0 saturated carbocycles. The summed E-state index contributed by atoms with van der Waals surface area (Å²) in [5.74, 6) is 2.36. The number of benzene rings is 1. The highest BCUT2D eigenvalue weighted by Gasteiger charge is 2.28. The maximum Gasteiger partial charge on any atom is 0.222 e. The van der Waals surface area contributed by atoms with E-state index >= 15 is 0 Å². The van der Waals surface area contributed by atoms with Gasteiger partial charge in [-0.15, -0.1) is 0 Å². The third kappa shape index (κ3) is 5.23. The van der Waals surface area contributed by atoms with Crippen LogP contribution in [0.5, 0.6) is 5.75 Å². The van der Waals surface area contributed by atoms with Crippen molar-refractivity contribution in [1.82, 2.24) is 15.1 Å². The molecule has 2 aliphatic heterocycles. The van der Waals surface area contributed by atoms with Crippen molar-refractivity contribution >= 4 is 5.91 Å². The average molecular weight is 374 g/mol. The van der Waals surface area contributed by atoms with E-state index in [1.54, 1.807) is 7.11 Å². The summed E-state index contributed by atoms with van der Waals surface area (Å²) in [5, 5.41) is 3.47. The predicted molar refractivity (Wildman–Crippen MR) is 109 cm³/mol. The number of carbonyl (C=O) groups is 1. The van der Waals surface area contributed by atoms with Crippen molar-refractivity contribution < 1.29 is 9.53 Å². The fourth-order valence-corrected chi connectivity index (χ4v) is 4.41. The van der Waals surface area contributed by atoms with Crippen LogP contribution >= 0.6 is 0 Å². The van der Waals surface area contributed by atoms with Crippen molar-refractivity contribution in [3.8, 4) is 5.75 Å². The Balaban J connectivity index is 1.48. The van der Waals surface area contributed by atoms with Gasteiger partial charge in [0.1, 0.15) is 5.75 Å². The van der Waals surface area contributed by atoms with E-state index in [1.165, 1.54) is 18.4 Å². The molecule has 1 amide bonds. The number of amides is 1. The van der Waals surface area contributed by atoms with Crippen molar-refractivity contribution in [2.24, 2.45) is 11.8 Å². The predicted octanol–water partition coefficient (Wildman–Crippen LogP) is 2.93. The van der Waals surface area contributed by atoms with Gasteiger partial charge in [-0.1, -0.05) is 19.1 Å². The Hall–Kier alpha value is -1.59. The molecule has 27 heavy (non-hydrogen) atoms. The van der Waals surface area contributed by atoms with Gasteiger partial charge in [0.05, 0.1) is 7.11 Å². The van der Waals surface area contributed by atoms with Gasteiger partial charge in [-0.2, -0.15) is 0 Å². The van der Waals surface area contributed by atoms with Gasteiger partial charge in [0, 0.05) is 38.6 Å². The molecule has 5 nitrogen and oxygen atoms in total. The second-order valence-electron chi connectivity index (χ2n) is 8.16. The molecule has 2 heterocycles. The molecule has 5 heteroatoms. The number of hydrogen-bond donors (Lipinski definition) is 1. The van der Waals surface area contributed by atoms with Crippen LogP contribution in [0.1, 0.15) is 44.7 Å². The second-order valence-corrected chi connectivity index (χ2v) is 8.16. The minimum absolute atomic E-state index is 0.335. The highest BCUT2D eigenvalue weighted by Crippen LogP contribution is 2.26. The van der Waals surface area contributed by atoms with Gasteiger partial charge in [-0.3, -0.25) is 9.69 Å². The van der Waals surface area contributed by atoms with E-state index in [-0.39, 0.29) is 0 Å². The molecule has 0 spiro atoms. The van der Waals surface area contributed by atoms with Crippen LogP contribution in [0.25, 0.3) is 0 Å². The lowest BCUT2D eigenvalue weighted by Gasteiger charge is -2.39. The number of hydrogen-bond acceptors (Lipinski definition) is 4. The van der Waals surface area contributed by atoms with Crippen molar-refractivity contribution in [2.45, 2.75) is 39.2 Å². The van der Waals surface area contributed by atoms with E-state index in [2.05, 4.69) is 41.1 Å². The molecular formula is C22H35N3O2. The Morgan fingerprint density at radius 3 is 2.70 bits per heavy atom. The van der Waals surface area contributed by atoms with Crippen molar-refractivity contribution in [2.75, 3.05) is 46.4 Å². The van der Waals surface area contributed by atoms with Crippen LogP contribution in [-0.2, 0) is 4.79 Å². The fraction of sp³-hybridized carbons (Fsp3) is 0.682. The Bertz CT molecular complexity index is 607. The van der Waals surface area contributed by atoms with Gasteiger partial charge in [0.2, 0.25) is 5.91 Å². The van der Waals surface area contributed by atoms with E-state index in [0.717, 1.165) is 45.0 Å². The number of carbonyl (C=O) groups excluding carboxylic acids is 1. The molecule has 2 aliphatic rings. The minimum Gasteiger partial charge on any atom is -0.497 e. The molecule has 0 radical (unpaired) electrons. The van der Waals surface area contributed by atoms with Crippen LogP contribution < -0.4 is 10.1 Å².